The van der Waals surface area contributed by atoms with Gasteiger partial charge in [0.25, 0.3) is 0 Å². The first-order valence-corrected chi connectivity index (χ1v) is 5.56. The second-order valence-corrected chi connectivity index (χ2v) is 3.87. The van der Waals surface area contributed by atoms with Crippen molar-refractivity contribution >= 4 is 5.97 Å². The monoisotopic (exact) mass is 281 g/mol. The summed E-state index contributed by atoms with van der Waals surface area (Å²) in [5.41, 5.74) is 0.0283. The van der Waals surface area contributed by atoms with Crippen LogP contribution in [-0.2, 0) is 17.7 Å². The molecule has 0 aliphatic rings. The van der Waals surface area contributed by atoms with Gasteiger partial charge in [0.05, 0.1) is 12.3 Å². The number of rotatable bonds is 7. The Morgan fingerprint density at radius 3 is 2.68 bits per heavy atom. The van der Waals surface area contributed by atoms with Gasteiger partial charge >= 0.3 is 12.1 Å². The first-order chi connectivity index (χ1) is 8.85. The molecule has 0 aliphatic heterocycles. The molecule has 0 atom stereocenters. The summed E-state index contributed by atoms with van der Waals surface area (Å²) in [5, 5.41) is 15.9. The van der Waals surface area contributed by atoms with Crippen molar-refractivity contribution in [2.75, 3.05) is 13.7 Å². The molecule has 9 heteroatoms. The van der Waals surface area contributed by atoms with Crippen LogP contribution in [0.1, 0.15) is 29.0 Å². The molecule has 1 aromatic rings. The molecule has 0 unspecified atom stereocenters. The Morgan fingerprint density at radius 2 is 2.16 bits per heavy atom. The van der Waals surface area contributed by atoms with Gasteiger partial charge in [0.2, 0.25) is 0 Å². The number of hydrogen-bond acceptors (Lipinski definition) is 4. The van der Waals surface area contributed by atoms with Crippen LogP contribution in [-0.4, -0.2) is 46.0 Å². The first kappa shape index (κ1) is 15.4. The lowest BCUT2D eigenvalue weighted by Gasteiger charge is -2.08. The summed E-state index contributed by atoms with van der Waals surface area (Å²) in [6.45, 7) is 0.214. The lowest BCUT2D eigenvalue weighted by molar-refractivity contribution is -0.136. The van der Waals surface area contributed by atoms with Gasteiger partial charge in [0.1, 0.15) is 0 Å². The zero-order valence-electron chi connectivity index (χ0n) is 10.3. The Balaban J connectivity index is 2.73. The molecule has 1 heterocycles. The predicted octanol–water partition coefficient (Wildman–Crippen LogP) is 1.51. The SMILES string of the molecule is COCCc1c(C(=O)O)nnn1CCCC(F)(F)F. The van der Waals surface area contributed by atoms with Crippen molar-refractivity contribution in [2.24, 2.45) is 0 Å². The van der Waals surface area contributed by atoms with Crippen molar-refractivity contribution < 1.29 is 27.8 Å². The second-order valence-electron chi connectivity index (χ2n) is 3.87. The predicted molar refractivity (Wildman–Crippen MR) is 57.9 cm³/mol. The highest BCUT2D eigenvalue weighted by Gasteiger charge is 2.26. The standard InChI is InChI=1S/C10H14F3N3O3/c1-19-6-3-7-8(9(17)18)14-15-16(7)5-2-4-10(11,12)13/h2-6H2,1H3,(H,17,18). The fourth-order valence-electron chi connectivity index (χ4n) is 1.55. The van der Waals surface area contributed by atoms with Crippen LogP contribution in [0.15, 0.2) is 0 Å². The minimum Gasteiger partial charge on any atom is -0.476 e. The summed E-state index contributed by atoms with van der Waals surface area (Å²) in [4.78, 5) is 10.9. The molecule has 19 heavy (non-hydrogen) atoms. The molecule has 1 N–H and O–H groups in total. The number of nitrogens with zero attached hydrogens (tertiary/aromatic N) is 3. The third-order valence-electron chi connectivity index (χ3n) is 2.41. The molecule has 0 radical (unpaired) electrons. The van der Waals surface area contributed by atoms with E-state index in [0.29, 0.717) is 0 Å². The highest BCUT2D eigenvalue weighted by molar-refractivity contribution is 5.86. The van der Waals surface area contributed by atoms with Crippen LogP contribution in [0, 0.1) is 0 Å². The maximum Gasteiger partial charge on any atom is 0.389 e. The lowest BCUT2D eigenvalue weighted by Crippen LogP contribution is -2.13. The zero-order valence-corrected chi connectivity index (χ0v) is 10.3. The topological polar surface area (TPSA) is 77.2 Å². The maximum absolute atomic E-state index is 12.0. The summed E-state index contributed by atoms with van der Waals surface area (Å²) in [5.74, 6) is -1.26. The number of carboxylic acids is 1. The minimum absolute atomic E-state index is 0.0289. The number of carbonyl (C=O) groups is 1. The minimum atomic E-state index is -4.23. The van der Waals surface area contributed by atoms with Gasteiger partial charge in [-0.1, -0.05) is 5.21 Å². The van der Waals surface area contributed by atoms with Crippen LogP contribution >= 0.6 is 0 Å². The van der Waals surface area contributed by atoms with Crippen LogP contribution in [0.25, 0.3) is 0 Å². The van der Waals surface area contributed by atoms with E-state index in [1.165, 1.54) is 11.8 Å². The van der Waals surface area contributed by atoms with Crippen molar-refractivity contribution in [3.63, 3.8) is 0 Å². The van der Waals surface area contributed by atoms with E-state index in [2.05, 4.69) is 10.3 Å². The molecular formula is C10H14F3N3O3. The maximum atomic E-state index is 12.0. The molecule has 0 aliphatic carbocycles. The average Bonchev–Trinajstić information content (AvgIpc) is 2.68. The van der Waals surface area contributed by atoms with Gasteiger partial charge in [-0.3, -0.25) is 0 Å². The third kappa shape index (κ3) is 4.86. The van der Waals surface area contributed by atoms with Gasteiger partial charge in [-0.25, -0.2) is 9.48 Å². The number of halogens is 3. The van der Waals surface area contributed by atoms with Crippen molar-refractivity contribution in [2.45, 2.75) is 32.0 Å². The van der Waals surface area contributed by atoms with E-state index in [4.69, 9.17) is 9.84 Å². The average molecular weight is 281 g/mol. The Hall–Kier alpha value is -1.64. The Bertz CT molecular complexity index is 431. The molecule has 0 fully saturated rings. The molecule has 0 saturated heterocycles. The largest absolute Gasteiger partial charge is 0.476 e. The zero-order chi connectivity index (χ0) is 14.5. The van der Waals surface area contributed by atoms with E-state index >= 15 is 0 Å². The number of aromatic nitrogens is 3. The number of carboxylic acid groups (broad SMARTS) is 1. The number of hydrogen-bond donors (Lipinski definition) is 1. The molecule has 108 valence electrons. The Kier molecular flexibility index (Phi) is 5.28. The molecule has 1 aromatic heterocycles. The molecule has 0 saturated carbocycles. The number of ether oxygens (including phenoxy) is 1. The van der Waals surface area contributed by atoms with Gasteiger partial charge in [0, 0.05) is 26.5 Å². The van der Waals surface area contributed by atoms with Gasteiger partial charge in [0.15, 0.2) is 5.69 Å². The van der Waals surface area contributed by atoms with Crippen LogP contribution in [0.5, 0.6) is 0 Å². The molecule has 0 bridgehead atoms. The Labute approximate surface area is 107 Å². The quantitative estimate of drug-likeness (QED) is 0.819. The van der Waals surface area contributed by atoms with Gasteiger partial charge in [-0.2, -0.15) is 13.2 Å². The summed E-state index contributed by atoms with van der Waals surface area (Å²) < 4.78 is 42.1. The normalized spacial score (nSPS) is 11.8. The molecular weight excluding hydrogens is 267 g/mol. The highest BCUT2D eigenvalue weighted by atomic mass is 19.4. The van der Waals surface area contributed by atoms with Crippen LogP contribution < -0.4 is 0 Å². The van der Waals surface area contributed by atoms with E-state index in [1.54, 1.807) is 0 Å². The number of methoxy groups -OCH3 is 1. The lowest BCUT2D eigenvalue weighted by atomic mass is 10.2. The third-order valence-corrected chi connectivity index (χ3v) is 2.41. The van der Waals surface area contributed by atoms with Gasteiger partial charge < -0.3 is 9.84 Å². The number of alkyl halides is 3. The number of aromatic carboxylic acids is 1. The summed E-state index contributed by atoms with van der Waals surface area (Å²) in [7, 11) is 1.44. The summed E-state index contributed by atoms with van der Waals surface area (Å²) in [6.07, 6.45) is -5.12. The summed E-state index contributed by atoms with van der Waals surface area (Å²) >= 11 is 0. The fraction of sp³-hybridized carbons (Fsp3) is 0.700. The molecule has 6 nitrogen and oxygen atoms in total. The van der Waals surface area contributed by atoms with Crippen molar-refractivity contribution in [3.05, 3.63) is 11.4 Å². The fourth-order valence-corrected chi connectivity index (χ4v) is 1.55. The molecule has 0 aromatic carbocycles. The van der Waals surface area contributed by atoms with Crippen LogP contribution in [0.3, 0.4) is 0 Å². The Morgan fingerprint density at radius 1 is 1.47 bits per heavy atom. The van der Waals surface area contributed by atoms with Crippen molar-refractivity contribution in [3.8, 4) is 0 Å². The molecule has 1 rings (SSSR count). The van der Waals surface area contributed by atoms with E-state index in [1.807, 2.05) is 0 Å². The summed E-state index contributed by atoms with van der Waals surface area (Å²) in [6, 6.07) is 0. The second kappa shape index (κ2) is 6.50. The van der Waals surface area contributed by atoms with E-state index in [9.17, 15) is 18.0 Å². The van der Waals surface area contributed by atoms with Gasteiger partial charge in [-0.15, -0.1) is 5.10 Å². The van der Waals surface area contributed by atoms with Gasteiger partial charge in [-0.05, 0) is 6.42 Å². The smallest absolute Gasteiger partial charge is 0.389 e. The highest BCUT2D eigenvalue weighted by Crippen LogP contribution is 2.22. The first-order valence-electron chi connectivity index (χ1n) is 5.56. The van der Waals surface area contributed by atoms with Crippen molar-refractivity contribution in [1.82, 2.24) is 15.0 Å². The van der Waals surface area contributed by atoms with E-state index < -0.39 is 18.6 Å². The molecule has 0 amide bonds. The van der Waals surface area contributed by atoms with E-state index in [0.717, 1.165) is 0 Å². The number of aryl methyl sites for hydroxylation is 1. The van der Waals surface area contributed by atoms with Crippen molar-refractivity contribution in [1.29, 1.82) is 0 Å². The molecule has 0 spiro atoms. The van der Waals surface area contributed by atoms with E-state index in [-0.39, 0.29) is 37.4 Å². The van der Waals surface area contributed by atoms with Crippen LogP contribution in [0.4, 0.5) is 13.2 Å². The van der Waals surface area contributed by atoms with Crippen LogP contribution in [0.2, 0.25) is 0 Å².